The second-order valence-corrected chi connectivity index (χ2v) is 6.71. The molecule has 0 unspecified atom stereocenters. The van der Waals surface area contributed by atoms with Crippen LogP contribution in [0.3, 0.4) is 0 Å². The maximum atomic E-state index is 4.41. The molecule has 3 rings (SSSR count). The maximum absolute atomic E-state index is 4.41. The number of anilines is 1. The van der Waals surface area contributed by atoms with Gasteiger partial charge in [0.25, 0.3) is 0 Å². The monoisotopic (exact) mass is 347 g/mol. The fourth-order valence-corrected chi connectivity index (χ4v) is 3.37. The number of pyridine rings is 1. The van der Waals surface area contributed by atoms with Gasteiger partial charge in [0.2, 0.25) is 0 Å². The Balaban J connectivity index is 1.76. The van der Waals surface area contributed by atoms with Crippen molar-refractivity contribution in [1.29, 1.82) is 0 Å². The minimum absolute atomic E-state index is 0.874. The molecule has 0 radical (unpaired) electrons. The second kappa shape index (κ2) is 5.89. The molecule has 2 aromatic heterocycles. The molecule has 20 heavy (non-hydrogen) atoms. The SMILES string of the molecule is Cc1cnc(CCNc2ccnc3c(Br)cccc23)s1. The zero-order valence-corrected chi connectivity index (χ0v) is 13.5. The van der Waals surface area contributed by atoms with Crippen molar-refractivity contribution in [1.82, 2.24) is 9.97 Å². The lowest BCUT2D eigenvalue weighted by Crippen LogP contribution is -2.05. The molecule has 1 aromatic carbocycles. The van der Waals surface area contributed by atoms with Crippen molar-refractivity contribution in [2.75, 3.05) is 11.9 Å². The van der Waals surface area contributed by atoms with Crippen molar-refractivity contribution in [3.05, 3.63) is 51.0 Å². The first kappa shape index (κ1) is 13.5. The van der Waals surface area contributed by atoms with Gasteiger partial charge >= 0.3 is 0 Å². The van der Waals surface area contributed by atoms with E-state index in [4.69, 9.17) is 0 Å². The number of hydrogen-bond acceptors (Lipinski definition) is 4. The molecule has 1 N–H and O–H groups in total. The summed E-state index contributed by atoms with van der Waals surface area (Å²) in [5.41, 5.74) is 2.10. The van der Waals surface area contributed by atoms with Gasteiger partial charge < -0.3 is 5.32 Å². The van der Waals surface area contributed by atoms with Crippen molar-refractivity contribution in [3.8, 4) is 0 Å². The number of benzene rings is 1. The summed E-state index contributed by atoms with van der Waals surface area (Å²) in [7, 11) is 0. The van der Waals surface area contributed by atoms with Crippen LogP contribution in [0.4, 0.5) is 5.69 Å². The van der Waals surface area contributed by atoms with Gasteiger partial charge in [-0.15, -0.1) is 11.3 Å². The Morgan fingerprint density at radius 1 is 1.25 bits per heavy atom. The van der Waals surface area contributed by atoms with E-state index in [2.05, 4.69) is 44.2 Å². The number of halogens is 1. The summed E-state index contributed by atoms with van der Waals surface area (Å²) in [6, 6.07) is 8.14. The summed E-state index contributed by atoms with van der Waals surface area (Å²) in [6.45, 7) is 2.96. The number of hydrogen-bond donors (Lipinski definition) is 1. The van der Waals surface area contributed by atoms with E-state index < -0.39 is 0 Å². The van der Waals surface area contributed by atoms with Gasteiger partial charge in [-0.3, -0.25) is 4.98 Å². The third-order valence-electron chi connectivity index (χ3n) is 3.05. The zero-order chi connectivity index (χ0) is 13.9. The van der Waals surface area contributed by atoms with E-state index in [0.717, 1.165) is 34.0 Å². The highest BCUT2D eigenvalue weighted by Gasteiger charge is 2.04. The number of aryl methyl sites for hydroxylation is 1. The van der Waals surface area contributed by atoms with Crippen LogP contribution in [0.15, 0.2) is 41.1 Å². The minimum atomic E-state index is 0.874. The Labute approximate surface area is 130 Å². The quantitative estimate of drug-likeness (QED) is 0.759. The minimum Gasteiger partial charge on any atom is -0.384 e. The molecule has 0 atom stereocenters. The van der Waals surface area contributed by atoms with E-state index in [0.29, 0.717) is 0 Å². The molecule has 2 heterocycles. The summed E-state index contributed by atoms with van der Waals surface area (Å²) >= 11 is 5.30. The lowest BCUT2D eigenvalue weighted by Gasteiger charge is -2.09. The van der Waals surface area contributed by atoms with Crippen molar-refractivity contribution in [3.63, 3.8) is 0 Å². The predicted octanol–water partition coefficient (Wildman–Crippen LogP) is 4.42. The van der Waals surface area contributed by atoms with Gasteiger partial charge in [-0.25, -0.2) is 4.98 Å². The average molecular weight is 348 g/mol. The van der Waals surface area contributed by atoms with Crippen molar-refractivity contribution in [2.45, 2.75) is 13.3 Å². The second-order valence-electron chi connectivity index (χ2n) is 4.54. The van der Waals surface area contributed by atoms with Crippen LogP contribution in [0.5, 0.6) is 0 Å². The van der Waals surface area contributed by atoms with E-state index in [1.54, 1.807) is 11.3 Å². The number of fused-ring (bicyclic) bond motifs is 1. The lowest BCUT2D eigenvalue weighted by molar-refractivity contribution is 0.999. The first-order valence-electron chi connectivity index (χ1n) is 6.42. The van der Waals surface area contributed by atoms with Crippen LogP contribution in [-0.4, -0.2) is 16.5 Å². The first-order chi connectivity index (χ1) is 9.74. The summed E-state index contributed by atoms with van der Waals surface area (Å²) in [5, 5.41) is 5.79. The van der Waals surface area contributed by atoms with Crippen LogP contribution in [0, 0.1) is 6.92 Å². The topological polar surface area (TPSA) is 37.8 Å². The molecule has 0 aliphatic heterocycles. The first-order valence-corrected chi connectivity index (χ1v) is 8.03. The third kappa shape index (κ3) is 2.83. The van der Waals surface area contributed by atoms with E-state index in [1.165, 1.54) is 9.88 Å². The standard InChI is InChI=1S/C15H14BrN3S/c1-10-9-19-14(20-10)6-8-17-13-5-7-18-15-11(13)3-2-4-12(15)16/h2-5,7,9H,6,8H2,1H3,(H,17,18). The average Bonchev–Trinajstić information content (AvgIpc) is 2.86. The number of nitrogens with one attached hydrogen (secondary N) is 1. The van der Waals surface area contributed by atoms with Crippen molar-refractivity contribution >= 4 is 43.9 Å². The Hall–Kier alpha value is -1.46. The Morgan fingerprint density at radius 2 is 2.15 bits per heavy atom. The highest BCUT2D eigenvalue weighted by molar-refractivity contribution is 9.10. The normalized spacial score (nSPS) is 10.9. The molecular formula is C15H14BrN3S. The number of para-hydroxylation sites is 1. The van der Waals surface area contributed by atoms with Gasteiger partial charge in [-0.1, -0.05) is 12.1 Å². The molecule has 3 nitrogen and oxygen atoms in total. The van der Waals surface area contributed by atoms with E-state index in [1.807, 2.05) is 30.6 Å². The molecule has 102 valence electrons. The Bertz CT molecular complexity index is 739. The van der Waals surface area contributed by atoms with E-state index in [9.17, 15) is 0 Å². The largest absolute Gasteiger partial charge is 0.384 e. The summed E-state index contributed by atoms with van der Waals surface area (Å²) < 4.78 is 1.02. The fraction of sp³-hybridized carbons (Fsp3) is 0.200. The van der Waals surface area contributed by atoms with Crippen LogP contribution >= 0.6 is 27.3 Å². The molecule has 0 fully saturated rings. The molecule has 0 spiro atoms. The van der Waals surface area contributed by atoms with Crippen molar-refractivity contribution in [2.24, 2.45) is 0 Å². The third-order valence-corrected chi connectivity index (χ3v) is 4.66. The van der Waals surface area contributed by atoms with Crippen LogP contribution in [0.2, 0.25) is 0 Å². The van der Waals surface area contributed by atoms with Crippen molar-refractivity contribution < 1.29 is 0 Å². The highest BCUT2D eigenvalue weighted by Crippen LogP contribution is 2.27. The van der Waals surface area contributed by atoms with Crippen LogP contribution in [0.1, 0.15) is 9.88 Å². The van der Waals surface area contributed by atoms with E-state index >= 15 is 0 Å². The number of thiazole rings is 1. The summed E-state index contributed by atoms with van der Waals surface area (Å²) in [5.74, 6) is 0. The van der Waals surface area contributed by atoms with Gasteiger partial charge in [0, 0.05) is 45.8 Å². The zero-order valence-electron chi connectivity index (χ0n) is 11.1. The number of rotatable bonds is 4. The molecule has 3 aromatic rings. The Morgan fingerprint density at radius 3 is 2.95 bits per heavy atom. The Kier molecular flexibility index (Phi) is 3.98. The molecule has 0 saturated carbocycles. The van der Waals surface area contributed by atoms with Crippen LogP contribution < -0.4 is 5.32 Å². The van der Waals surface area contributed by atoms with Gasteiger partial charge in [0.15, 0.2) is 0 Å². The van der Waals surface area contributed by atoms with Gasteiger partial charge in [0.05, 0.1) is 10.5 Å². The predicted molar refractivity (Wildman–Crippen MR) is 88.5 cm³/mol. The molecule has 0 amide bonds. The van der Waals surface area contributed by atoms with E-state index in [-0.39, 0.29) is 0 Å². The van der Waals surface area contributed by atoms with Gasteiger partial charge in [0.1, 0.15) is 0 Å². The molecule has 0 aliphatic rings. The maximum Gasteiger partial charge on any atom is 0.0945 e. The molecule has 0 aliphatic carbocycles. The number of aromatic nitrogens is 2. The molecule has 0 bridgehead atoms. The molecule has 5 heteroatoms. The number of nitrogens with zero attached hydrogens (tertiary/aromatic N) is 2. The van der Waals surface area contributed by atoms with Gasteiger partial charge in [-0.05, 0) is 35.0 Å². The van der Waals surface area contributed by atoms with Crippen LogP contribution in [-0.2, 0) is 6.42 Å². The summed E-state index contributed by atoms with van der Waals surface area (Å²) in [6.07, 6.45) is 4.71. The summed E-state index contributed by atoms with van der Waals surface area (Å²) in [4.78, 5) is 10.1. The fourth-order valence-electron chi connectivity index (χ4n) is 2.12. The molecular weight excluding hydrogens is 334 g/mol. The van der Waals surface area contributed by atoms with Gasteiger partial charge in [-0.2, -0.15) is 0 Å². The smallest absolute Gasteiger partial charge is 0.0945 e. The highest BCUT2D eigenvalue weighted by atomic mass is 79.9. The molecule has 0 saturated heterocycles. The lowest BCUT2D eigenvalue weighted by atomic mass is 10.2. The van der Waals surface area contributed by atoms with Crippen LogP contribution in [0.25, 0.3) is 10.9 Å².